The van der Waals surface area contributed by atoms with Crippen LogP contribution in [0.1, 0.15) is 41.0 Å². The quantitative estimate of drug-likeness (QED) is 0.754. The molecule has 0 radical (unpaired) electrons. The summed E-state index contributed by atoms with van der Waals surface area (Å²) in [6.45, 7) is 9.43. The van der Waals surface area contributed by atoms with Crippen molar-refractivity contribution in [1.29, 1.82) is 0 Å². The van der Waals surface area contributed by atoms with E-state index in [1.165, 1.54) is 7.11 Å². The topological polar surface area (TPSA) is 64.6 Å². The Kier molecular flexibility index (Phi) is 3.77. The summed E-state index contributed by atoms with van der Waals surface area (Å²) in [5.41, 5.74) is -2.05. The summed E-state index contributed by atoms with van der Waals surface area (Å²) >= 11 is 0. The number of hydrogen-bond donors (Lipinski definition) is 1. The molecular formula is C13H23NO4. The first-order valence-electron chi connectivity index (χ1n) is 6.09. The molecule has 104 valence electrons. The van der Waals surface area contributed by atoms with Crippen LogP contribution in [0.5, 0.6) is 0 Å². The van der Waals surface area contributed by atoms with Gasteiger partial charge in [0.15, 0.2) is 0 Å². The lowest BCUT2D eigenvalue weighted by Gasteiger charge is -2.29. The van der Waals surface area contributed by atoms with Crippen LogP contribution in [0.25, 0.3) is 0 Å². The van der Waals surface area contributed by atoms with E-state index < -0.39 is 16.6 Å². The first-order valence-corrected chi connectivity index (χ1v) is 6.09. The standard InChI is InChI=1S/C13H23NO4/c1-11(2,3)18-10(16)13(5)7-12(4,8-14-13)9(15)17-6/h14H,7-8H2,1-6H3/t12-,13+/m1/s1. The lowest BCUT2D eigenvalue weighted by Crippen LogP contribution is -2.48. The number of nitrogens with one attached hydrogen (secondary N) is 1. The van der Waals surface area contributed by atoms with Crippen LogP contribution in [0.2, 0.25) is 0 Å². The van der Waals surface area contributed by atoms with Crippen molar-refractivity contribution >= 4 is 11.9 Å². The van der Waals surface area contributed by atoms with E-state index in [0.29, 0.717) is 13.0 Å². The molecule has 0 aromatic carbocycles. The molecule has 1 aliphatic rings. The van der Waals surface area contributed by atoms with Crippen molar-refractivity contribution in [1.82, 2.24) is 5.32 Å². The van der Waals surface area contributed by atoms with Gasteiger partial charge in [-0.05, 0) is 41.0 Å². The van der Waals surface area contributed by atoms with Gasteiger partial charge in [0.25, 0.3) is 0 Å². The van der Waals surface area contributed by atoms with E-state index in [1.807, 2.05) is 20.8 Å². The van der Waals surface area contributed by atoms with Crippen LogP contribution in [0.15, 0.2) is 0 Å². The summed E-state index contributed by atoms with van der Waals surface area (Å²) in [5, 5.41) is 3.09. The van der Waals surface area contributed by atoms with E-state index in [9.17, 15) is 9.59 Å². The van der Waals surface area contributed by atoms with Crippen LogP contribution >= 0.6 is 0 Å². The Balaban J connectivity index is 2.80. The Morgan fingerprint density at radius 2 is 1.72 bits per heavy atom. The van der Waals surface area contributed by atoms with Crippen molar-refractivity contribution in [3.8, 4) is 0 Å². The monoisotopic (exact) mass is 257 g/mol. The molecule has 2 atom stereocenters. The third-order valence-electron chi connectivity index (χ3n) is 3.14. The van der Waals surface area contributed by atoms with Crippen LogP contribution in [0, 0.1) is 5.41 Å². The highest BCUT2D eigenvalue weighted by Crippen LogP contribution is 2.36. The molecule has 1 heterocycles. The number of carbonyl (C=O) groups is 2. The average molecular weight is 257 g/mol. The van der Waals surface area contributed by atoms with E-state index in [-0.39, 0.29) is 11.9 Å². The van der Waals surface area contributed by atoms with Gasteiger partial charge in [-0.15, -0.1) is 0 Å². The minimum Gasteiger partial charge on any atom is -0.469 e. The molecule has 1 N–H and O–H groups in total. The summed E-state index contributed by atoms with van der Waals surface area (Å²) in [6.07, 6.45) is 0.377. The van der Waals surface area contributed by atoms with E-state index in [2.05, 4.69) is 5.32 Å². The first-order chi connectivity index (χ1) is 8.02. The van der Waals surface area contributed by atoms with Crippen LogP contribution in [0.3, 0.4) is 0 Å². The molecule has 1 rings (SSSR count). The van der Waals surface area contributed by atoms with Crippen molar-refractivity contribution in [3.05, 3.63) is 0 Å². The molecule has 0 amide bonds. The number of carbonyl (C=O) groups excluding carboxylic acids is 2. The minimum atomic E-state index is -0.837. The fourth-order valence-corrected chi connectivity index (χ4v) is 2.22. The molecule has 0 unspecified atom stereocenters. The summed E-state index contributed by atoms with van der Waals surface area (Å²) in [6, 6.07) is 0. The third kappa shape index (κ3) is 3.02. The maximum Gasteiger partial charge on any atom is 0.326 e. The van der Waals surface area contributed by atoms with Crippen molar-refractivity contribution in [2.45, 2.75) is 52.2 Å². The third-order valence-corrected chi connectivity index (χ3v) is 3.14. The molecule has 1 fully saturated rings. The summed E-state index contributed by atoms with van der Waals surface area (Å²) in [4.78, 5) is 23.9. The predicted octanol–water partition coefficient (Wildman–Crippen LogP) is 1.26. The molecule has 1 aliphatic heterocycles. The van der Waals surface area contributed by atoms with Gasteiger partial charge >= 0.3 is 11.9 Å². The molecule has 0 spiro atoms. The molecule has 5 nitrogen and oxygen atoms in total. The molecule has 1 saturated heterocycles. The van der Waals surface area contributed by atoms with Crippen molar-refractivity contribution < 1.29 is 19.1 Å². The molecule has 5 heteroatoms. The Hall–Kier alpha value is -1.10. The Bertz CT molecular complexity index is 360. The first kappa shape index (κ1) is 15.0. The fourth-order valence-electron chi connectivity index (χ4n) is 2.22. The largest absolute Gasteiger partial charge is 0.469 e. The second-order valence-electron chi connectivity index (χ2n) is 6.42. The number of ether oxygens (including phenoxy) is 2. The smallest absolute Gasteiger partial charge is 0.326 e. The summed E-state index contributed by atoms with van der Waals surface area (Å²) < 4.78 is 10.2. The van der Waals surface area contributed by atoms with Gasteiger partial charge in [0.05, 0.1) is 12.5 Å². The molecule has 0 bridgehead atoms. The lowest BCUT2D eigenvalue weighted by molar-refractivity contribution is -0.162. The zero-order chi connectivity index (χ0) is 14.2. The van der Waals surface area contributed by atoms with Crippen LogP contribution in [0.4, 0.5) is 0 Å². The van der Waals surface area contributed by atoms with Gasteiger partial charge < -0.3 is 14.8 Å². The molecule has 0 saturated carbocycles. The van der Waals surface area contributed by atoms with Crippen molar-refractivity contribution in [2.24, 2.45) is 5.41 Å². The number of rotatable bonds is 2. The average Bonchev–Trinajstić information content (AvgIpc) is 2.54. The fraction of sp³-hybridized carbons (Fsp3) is 0.846. The number of esters is 2. The SMILES string of the molecule is COC(=O)[C@@]1(C)CN[C@](C)(C(=O)OC(C)(C)C)C1. The van der Waals surface area contributed by atoms with Crippen LogP contribution in [-0.2, 0) is 19.1 Å². The van der Waals surface area contributed by atoms with Gasteiger partial charge in [-0.2, -0.15) is 0 Å². The van der Waals surface area contributed by atoms with E-state index in [4.69, 9.17) is 9.47 Å². The molecule has 0 aromatic heterocycles. The predicted molar refractivity (Wildman–Crippen MR) is 67.0 cm³/mol. The summed E-state index contributed by atoms with van der Waals surface area (Å²) in [7, 11) is 1.36. The van der Waals surface area contributed by atoms with Crippen molar-refractivity contribution in [2.75, 3.05) is 13.7 Å². The molecular weight excluding hydrogens is 234 g/mol. The second kappa shape index (κ2) is 4.53. The van der Waals surface area contributed by atoms with Gasteiger partial charge in [0, 0.05) is 6.54 Å². The Morgan fingerprint density at radius 1 is 1.17 bits per heavy atom. The van der Waals surface area contributed by atoms with E-state index in [0.717, 1.165) is 0 Å². The summed E-state index contributed by atoms with van der Waals surface area (Å²) in [5.74, 6) is -0.634. The van der Waals surface area contributed by atoms with Crippen molar-refractivity contribution in [3.63, 3.8) is 0 Å². The lowest BCUT2D eigenvalue weighted by atomic mass is 9.83. The zero-order valence-electron chi connectivity index (χ0n) is 12.0. The highest BCUT2D eigenvalue weighted by atomic mass is 16.6. The number of methoxy groups -OCH3 is 1. The second-order valence-corrected chi connectivity index (χ2v) is 6.42. The molecule has 0 aromatic rings. The normalized spacial score (nSPS) is 32.1. The van der Waals surface area contributed by atoms with Gasteiger partial charge in [0.1, 0.15) is 11.1 Å². The maximum absolute atomic E-state index is 12.1. The Labute approximate surface area is 108 Å². The van der Waals surface area contributed by atoms with Gasteiger partial charge in [-0.25, -0.2) is 0 Å². The number of hydrogen-bond acceptors (Lipinski definition) is 5. The highest BCUT2D eigenvalue weighted by molar-refractivity contribution is 5.85. The van der Waals surface area contributed by atoms with E-state index in [1.54, 1.807) is 13.8 Å². The zero-order valence-corrected chi connectivity index (χ0v) is 12.0. The van der Waals surface area contributed by atoms with Gasteiger partial charge in [-0.3, -0.25) is 9.59 Å². The minimum absolute atomic E-state index is 0.303. The Morgan fingerprint density at radius 3 is 2.17 bits per heavy atom. The van der Waals surface area contributed by atoms with E-state index >= 15 is 0 Å². The molecule has 0 aliphatic carbocycles. The maximum atomic E-state index is 12.1. The van der Waals surface area contributed by atoms with Crippen LogP contribution < -0.4 is 5.32 Å². The highest BCUT2D eigenvalue weighted by Gasteiger charge is 2.52. The van der Waals surface area contributed by atoms with Gasteiger partial charge in [0.2, 0.25) is 0 Å². The van der Waals surface area contributed by atoms with Crippen LogP contribution in [-0.4, -0.2) is 36.7 Å². The van der Waals surface area contributed by atoms with Gasteiger partial charge in [-0.1, -0.05) is 0 Å². The molecule has 18 heavy (non-hydrogen) atoms.